The lowest BCUT2D eigenvalue weighted by Gasteiger charge is -2.38. The van der Waals surface area contributed by atoms with Crippen LogP contribution in [-0.2, 0) is 4.74 Å². The van der Waals surface area contributed by atoms with Crippen molar-refractivity contribution in [2.45, 2.75) is 0 Å². The number of furan rings is 1. The molecule has 39 heavy (non-hydrogen) atoms. The molecule has 2 aliphatic heterocycles. The van der Waals surface area contributed by atoms with Crippen LogP contribution in [-0.4, -0.2) is 89.4 Å². The Morgan fingerprint density at radius 1 is 0.872 bits per heavy atom. The minimum Gasteiger partial charge on any atom is -0.495 e. The molecule has 0 radical (unpaired) electrons. The Balaban J connectivity index is 1.30. The van der Waals surface area contributed by atoms with Crippen molar-refractivity contribution in [3.8, 4) is 5.75 Å². The molecule has 10 heteroatoms. The van der Waals surface area contributed by atoms with Gasteiger partial charge in [-0.15, -0.1) is 0 Å². The van der Waals surface area contributed by atoms with Crippen molar-refractivity contribution in [3.63, 3.8) is 0 Å². The summed E-state index contributed by atoms with van der Waals surface area (Å²) < 4.78 is 16.2. The molecular weight excluding hydrogens is 498 g/mol. The van der Waals surface area contributed by atoms with E-state index in [0.717, 1.165) is 76.2 Å². The van der Waals surface area contributed by atoms with Crippen molar-refractivity contribution in [3.05, 3.63) is 72.2 Å². The van der Waals surface area contributed by atoms with Crippen molar-refractivity contribution in [2.75, 3.05) is 87.8 Å². The van der Waals surface area contributed by atoms with Crippen LogP contribution in [0.1, 0.15) is 20.9 Å². The van der Waals surface area contributed by atoms with Gasteiger partial charge in [-0.3, -0.25) is 14.5 Å². The number of hydrogen-bond acceptors (Lipinski definition) is 8. The third-order valence-corrected chi connectivity index (χ3v) is 7.11. The Morgan fingerprint density at radius 2 is 1.62 bits per heavy atom. The first-order valence-corrected chi connectivity index (χ1v) is 13.3. The highest BCUT2D eigenvalue weighted by Crippen LogP contribution is 2.31. The number of morpholine rings is 1. The average molecular weight is 534 g/mol. The summed E-state index contributed by atoms with van der Waals surface area (Å²) in [5.74, 6) is 0.530. The Labute approximate surface area is 228 Å². The van der Waals surface area contributed by atoms with E-state index >= 15 is 0 Å². The van der Waals surface area contributed by atoms with E-state index in [0.29, 0.717) is 17.8 Å². The van der Waals surface area contributed by atoms with Crippen LogP contribution in [0, 0.1) is 0 Å². The number of para-hydroxylation sites is 2. The maximum atomic E-state index is 13.4. The molecule has 0 atom stereocenters. The molecule has 2 aliphatic rings. The van der Waals surface area contributed by atoms with E-state index in [-0.39, 0.29) is 17.6 Å². The molecule has 0 unspecified atom stereocenters. The lowest BCUT2D eigenvalue weighted by molar-refractivity contribution is 0.0383. The van der Waals surface area contributed by atoms with Gasteiger partial charge in [0.1, 0.15) is 5.75 Å². The lowest BCUT2D eigenvalue weighted by Crippen LogP contribution is -2.47. The quantitative estimate of drug-likeness (QED) is 0.433. The molecule has 206 valence electrons. The summed E-state index contributed by atoms with van der Waals surface area (Å²) >= 11 is 0. The zero-order valence-electron chi connectivity index (χ0n) is 22.2. The molecule has 0 spiro atoms. The van der Waals surface area contributed by atoms with E-state index in [2.05, 4.69) is 31.4 Å². The molecule has 1 aromatic heterocycles. The smallest absolute Gasteiger partial charge is 0.291 e. The molecule has 0 aliphatic carbocycles. The van der Waals surface area contributed by atoms with Crippen LogP contribution in [0.4, 0.5) is 17.1 Å². The summed E-state index contributed by atoms with van der Waals surface area (Å²) in [6.07, 6.45) is 1.45. The molecule has 3 aromatic rings. The molecular formula is C29H35N5O5. The summed E-state index contributed by atoms with van der Waals surface area (Å²) in [6, 6.07) is 16.8. The molecule has 0 bridgehead atoms. The van der Waals surface area contributed by atoms with Crippen molar-refractivity contribution in [2.24, 2.45) is 0 Å². The van der Waals surface area contributed by atoms with Crippen LogP contribution >= 0.6 is 0 Å². The third kappa shape index (κ3) is 6.52. The van der Waals surface area contributed by atoms with E-state index in [1.54, 1.807) is 25.3 Å². The number of nitrogens with one attached hydrogen (secondary N) is 2. The maximum absolute atomic E-state index is 13.4. The van der Waals surface area contributed by atoms with Gasteiger partial charge in [-0.25, -0.2) is 0 Å². The number of ether oxygens (including phenoxy) is 2. The van der Waals surface area contributed by atoms with Crippen LogP contribution < -0.4 is 25.2 Å². The second-order valence-electron chi connectivity index (χ2n) is 9.52. The second-order valence-corrected chi connectivity index (χ2v) is 9.52. The van der Waals surface area contributed by atoms with Crippen LogP contribution in [0.2, 0.25) is 0 Å². The number of carbonyl (C=O) groups excluding carboxylic acids is 2. The largest absolute Gasteiger partial charge is 0.495 e. The van der Waals surface area contributed by atoms with Gasteiger partial charge in [0.25, 0.3) is 11.8 Å². The molecule has 0 saturated carbocycles. The van der Waals surface area contributed by atoms with E-state index in [9.17, 15) is 9.59 Å². The fourth-order valence-electron chi connectivity index (χ4n) is 5.00. The van der Waals surface area contributed by atoms with Crippen LogP contribution in [0.25, 0.3) is 0 Å². The predicted molar refractivity (Wildman–Crippen MR) is 150 cm³/mol. The van der Waals surface area contributed by atoms with Crippen molar-refractivity contribution >= 4 is 28.9 Å². The van der Waals surface area contributed by atoms with E-state index in [4.69, 9.17) is 13.9 Å². The number of anilines is 3. The first-order chi connectivity index (χ1) is 19.1. The van der Waals surface area contributed by atoms with Gasteiger partial charge in [0.05, 0.1) is 37.8 Å². The van der Waals surface area contributed by atoms with Gasteiger partial charge >= 0.3 is 0 Å². The number of methoxy groups -OCH3 is 1. The summed E-state index contributed by atoms with van der Waals surface area (Å²) in [4.78, 5) is 32.8. The standard InChI is InChI=1S/C29H35N5O5/c1-37-26-6-3-2-5-25(26)34-14-12-33(13-15-34)24-9-8-22(31-29(36)27-7-4-18-39-27)21-23(24)28(35)30-10-11-32-16-19-38-20-17-32/h2-9,18,21H,10-17,19-20H2,1H3,(H,30,35)(H,31,36). The lowest BCUT2D eigenvalue weighted by atomic mass is 10.1. The van der Waals surface area contributed by atoms with Gasteiger partial charge in [0.15, 0.2) is 5.76 Å². The molecule has 2 fully saturated rings. The topological polar surface area (TPSA) is 99.5 Å². The number of benzene rings is 2. The average Bonchev–Trinajstić information content (AvgIpc) is 3.53. The molecule has 3 heterocycles. The summed E-state index contributed by atoms with van der Waals surface area (Å²) in [6.45, 7) is 7.52. The Hall–Kier alpha value is -4.02. The van der Waals surface area contributed by atoms with E-state index in [1.807, 2.05) is 30.3 Å². The summed E-state index contributed by atoms with van der Waals surface area (Å²) in [7, 11) is 1.69. The van der Waals surface area contributed by atoms with Gasteiger partial charge in [-0.2, -0.15) is 0 Å². The molecule has 2 aromatic carbocycles. The molecule has 2 N–H and O–H groups in total. The summed E-state index contributed by atoms with van der Waals surface area (Å²) in [5.41, 5.74) is 2.97. The molecule has 5 rings (SSSR count). The first-order valence-electron chi connectivity index (χ1n) is 13.3. The second kappa shape index (κ2) is 12.7. The SMILES string of the molecule is COc1ccccc1N1CCN(c2ccc(NC(=O)c3ccco3)cc2C(=O)NCCN2CCOCC2)CC1. The third-order valence-electron chi connectivity index (χ3n) is 7.11. The zero-order chi connectivity index (χ0) is 27.0. The van der Waals surface area contributed by atoms with Gasteiger partial charge in [0.2, 0.25) is 0 Å². The number of nitrogens with zero attached hydrogens (tertiary/aromatic N) is 3. The van der Waals surface area contributed by atoms with Crippen molar-refractivity contribution in [1.29, 1.82) is 0 Å². The molecule has 2 saturated heterocycles. The van der Waals surface area contributed by atoms with E-state index < -0.39 is 0 Å². The Kier molecular flexibility index (Phi) is 8.65. The fourth-order valence-corrected chi connectivity index (χ4v) is 5.00. The van der Waals surface area contributed by atoms with Crippen LogP contribution in [0.15, 0.2) is 65.3 Å². The number of carbonyl (C=O) groups is 2. The van der Waals surface area contributed by atoms with Gasteiger partial charge in [-0.05, 0) is 42.5 Å². The number of amides is 2. The van der Waals surface area contributed by atoms with Crippen LogP contribution in [0.5, 0.6) is 5.75 Å². The Morgan fingerprint density at radius 3 is 2.33 bits per heavy atom. The summed E-state index contributed by atoms with van der Waals surface area (Å²) in [5, 5.41) is 5.92. The maximum Gasteiger partial charge on any atom is 0.291 e. The number of hydrogen-bond donors (Lipinski definition) is 2. The first kappa shape index (κ1) is 26.6. The normalized spacial score (nSPS) is 16.1. The number of piperazine rings is 1. The highest BCUT2D eigenvalue weighted by atomic mass is 16.5. The Bertz CT molecular complexity index is 1250. The van der Waals surface area contributed by atoms with Gasteiger partial charge < -0.3 is 34.3 Å². The van der Waals surface area contributed by atoms with Crippen molar-refractivity contribution in [1.82, 2.24) is 10.2 Å². The highest BCUT2D eigenvalue weighted by molar-refractivity contribution is 6.05. The predicted octanol–water partition coefficient (Wildman–Crippen LogP) is 2.93. The number of rotatable bonds is 9. The molecule has 10 nitrogen and oxygen atoms in total. The van der Waals surface area contributed by atoms with Gasteiger partial charge in [0, 0.05) is 63.7 Å². The molecule has 2 amide bonds. The monoisotopic (exact) mass is 533 g/mol. The minimum absolute atomic E-state index is 0.167. The highest BCUT2D eigenvalue weighted by Gasteiger charge is 2.24. The van der Waals surface area contributed by atoms with Crippen molar-refractivity contribution < 1.29 is 23.5 Å². The fraction of sp³-hybridized carbons (Fsp3) is 0.379. The van der Waals surface area contributed by atoms with E-state index in [1.165, 1.54) is 6.26 Å². The zero-order valence-corrected chi connectivity index (χ0v) is 22.2. The minimum atomic E-state index is -0.364. The van der Waals surface area contributed by atoms with Gasteiger partial charge in [-0.1, -0.05) is 12.1 Å². The van der Waals surface area contributed by atoms with Crippen LogP contribution in [0.3, 0.4) is 0 Å².